The van der Waals surface area contributed by atoms with Gasteiger partial charge in [-0.2, -0.15) is 0 Å². The zero-order valence-corrected chi connectivity index (χ0v) is 17.9. The van der Waals surface area contributed by atoms with Crippen LogP contribution in [0.5, 0.6) is 0 Å². The molecule has 9 heteroatoms. The van der Waals surface area contributed by atoms with Gasteiger partial charge in [-0.15, -0.1) is 10.2 Å². The highest BCUT2D eigenvalue weighted by atomic mass is 35.5. The van der Waals surface area contributed by atoms with E-state index in [9.17, 15) is 9.59 Å². The molecule has 1 amide bonds. The van der Waals surface area contributed by atoms with Crippen LogP contribution >= 0.6 is 23.4 Å². The number of hydrogen-bond donors (Lipinski definition) is 1. The molecule has 0 spiro atoms. The number of benzene rings is 2. The second-order valence-electron chi connectivity index (χ2n) is 6.44. The van der Waals surface area contributed by atoms with Crippen LogP contribution in [0.4, 0.5) is 0 Å². The average Bonchev–Trinajstić information content (AvgIpc) is 3.22. The molecule has 156 valence electrons. The number of aromatic nitrogens is 2. The lowest BCUT2D eigenvalue weighted by Gasteiger charge is -2.18. The Hall–Kier alpha value is -2.84. The highest BCUT2D eigenvalue weighted by Gasteiger charge is 2.21. The maximum atomic E-state index is 12.3. The zero-order chi connectivity index (χ0) is 21.5. The van der Waals surface area contributed by atoms with Crippen molar-refractivity contribution in [1.82, 2.24) is 15.5 Å². The molecule has 0 aliphatic rings. The number of hydrogen-bond acceptors (Lipinski definition) is 7. The van der Waals surface area contributed by atoms with E-state index >= 15 is 0 Å². The maximum absolute atomic E-state index is 12.3. The number of thioether (sulfide) groups is 1. The molecule has 1 heterocycles. The van der Waals surface area contributed by atoms with E-state index in [1.54, 1.807) is 24.3 Å². The predicted molar refractivity (Wildman–Crippen MR) is 114 cm³/mol. The molecule has 0 bridgehead atoms. The number of carbonyl (C=O) groups excluding carboxylic acids is 2. The lowest BCUT2D eigenvalue weighted by Crippen LogP contribution is -2.37. The largest absolute Gasteiger partial charge is 0.452 e. The van der Waals surface area contributed by atoms with E-state index in [0.29, 0.717) is 10.9 Å². The standard InChI is InChI=1S/C21H20ClN3O4S/c1-13(15-6-4-3-5-7-15)23-19(27)14(2)28-18(26)12-30-21-25-24-20(29-21)16-8-10-17(22)11-9-16/h3-11,13-14H,12H2,1-2H3,(H,23,27). The van der Waals surface area contributed by atoms with Crippen LogP contribution in [0.25, 0.3) is 11.5 Å². The normalized spacial score (nSPS) is 12.8. The Balaban J connectivity index is 1.46. The maximum Gasteiger partial charge on any atom is 0.317 e. The van der Waals surface area contributed by atoms with Crippen LogP contribution in [0, 0.1) is 0 Å². The zero-order valence-electron chi connectivity index (χ0n) is 16.4. The lowest BCUT2D eigenvalue weighted by atomic mass is 10.1. The quantitative estimate of drug-likeness (QED) is 0.408. The van der Waals surface area contributed by atoms with Crippen molar-refractivity contribution in [3.8, 4) is 11.5 Å². The first-order valence-electron chi connectivity index (χ1n) is 9.19. The van der Waals surface area contributed by atoms with Gasteiger partial charge in [0.15, 0.2) is 6.10 Å². The molecule has 1 N–H and O–H groups in total. The summed E-state index contributed by atoms with van der Waals surface area (Å²) in [6.07, 6.45) is -0.920. The number of esters is 1. The Labute approximate surface area is 183 Å². The fourth-order valence-electron chi connectivity index (χ4n) is 2.54. The van der Waals surface area contributed by atoms with Gasteiger partial charge in [0.05, 0.1) is 6.04 Å². The molecule has 7 nitrogen and oxygen atoms in total. The molecule has 1 aromatic heterocycles. The summed E-state index contributed by atoms with van der Waals surface area (Å²) in [7, 11) is 0. The van der Waals surface area contributed by atoms with Gasteiger partial charge >= 0.3 is 5.97 Å². The minimum Gasteiger partial charge on any atom is -0.452 e. The average molecular weight is 446 g/mol. The molecule has 2 unspecified atom stereocenters. The highest BCUT2D eigenvalue weighted by Crippen LogP contribution is 2.24. The van der Waals surface area contributed by atoms with Crippen molar-refractivity contribution in [2.24, 2.45) is 0 Å². The topological polar surface area (TPSA) is 94.3 Å². The first-order chi connectivity index (χ1) is 14.4. The van der Waals surface area contributed by atoms with Crippen molar-refractivity contribution in [3.05, 3.63) is 65.2 Å². The SMILES string of the molecule is CC(OC(=O)CSc1nnc(-c2ccc(Cl)cc2)o1)C(=O)NC(C)c1ccccc1. The van der Waals surface area contributed by atoms with Gasteiger partial charge in [-0.05, 0) is 43.7 Å². The van der Waals surface area contributed by atoms with Crippen molar-refractivity contribution in [2.45, 2.75) is 31.2 Å². The van der Waals surface area contributed by atoms with Crippen LogP contribution in [0.1, 0.15) is 25.5 Å². The molecule has 0 aliphatic heterocycles. The number of carbonyl (C=O) groups is 2. The lowest BCUT2D eigenvalue weighted by molar-refractivity contribution is -0.152. The molecule has 0 saturated heterocycles. The van der Waals surface area contributed by atoms with Crippen molar-refractivity contribution < 1.29 is 18.7 Å². The van der Waals surface area contributed by atoms with E-state index in [-0.39, 0.29) is 22.9 Å². The summed E-state index contributed by atoms with van der Waals surface area (Å²) in [4.78, 5) is 24.3. The van der Waals surface area contributed by atoms with Gasteiger partial charge in [0, 0.05) is 10.6 Å². The molecular formula is C21H20ClN3O4S. The monoisotopic (exact) mass is 445 g/mol. The molecule has 30 heavy (non-hydrogen) atoms. The molecule has 3 aromatic rings. The van der Waals surface area contributed by atoms with Crippen molar-refractivity contribution in [2.75, 3.05) is 5.75 Å². The fourth-order valence-corrected chi connectivity index (χ4v) is 3.21. The minimum absolute atomic E-state index is 0.0614. The van der Waals surface area contributed by atoms with Gasteiger partial charge in [0.25, 0.3) is 11.1 Å². The fraction of sp³-hybridized carbons (Fsp3) is 0.238. The van der Waals surface area contributed by atoms with E-state index in [0.717, 1.165) is 22.9 Å². The van der Waals surface area contributed by atoms with Crippen LogP contribution in [0.3, 0.4) is 0 Å². The van der Waals surface area contributed by atoms with Crippen molar-refractivity contribution in [1.29, 1.82) is 0 Å². The van der Waals surface area contributed by atoms with E-state index in [4.69, 9.17) is 20.8 Å². The number of halogens is 1. The van der Waals surface area contributed by atoms with Crippen LogP contribution in [0.15, 0.2) is 64.2 Å². The molecule has 0 radical (unpaired) electrons. The summed E-state index contributed by atoms with van der Waals surface area (Å²) >= 11 is 6.90. The van der Waals surface area contributed by atoms with Gasteiger partial charge in [-0.3, -0.25) is 9.59 Å². The van der Waals surface area contributed by atoms with Crippen LogP contribution in [0.2, 0.25) is 5.02 Å². The van der Waals surface area contributed by atoms with Crippen molar-refractivity contribution in [3.63, 3.8) is 0 Å². The van der Waals surface area contributed by atoms with Gasteiger partial charge in [0.2, 0.25) is 5.89 Å². The number of rotatable bonds is 8. The van der Waals surface area contributed by atoms with E-state index in [2.05, 4.69) is 15.5 Å². The summed E-state index contributed by atoms with van der Waals surface area (Å²) in [6, 6.07) is 16.3. The number of nitrogens with one attached hydrogen (secondary N) is 1. The first kappa shape index (κ1) is 21.9. The van der Waals surface area contributed by atoms with Gasteiger partial charge in [-0.25, -0.2) is 0 Å². The van der Waals surface area contributed by atoms with Crippen LogP contribution in [-0.2, 0) is 14.3 Å². The van der Waals surface area contributed by atoms with Gasteiger partial charge in [-0.1, -0.05) is 53.7 Å². The van der Waals surface area contributed by atoms with E-state index < -0.39 is 12.1 Å². The molecule has 0 fully saturated rings. The third kappa shape index (κ3) is 6.08. The molecule has 0 saturated carbocycles. The minimum atomic E-state index is -0.920. The Kier molecular flexibility index (Phi) is 7.48. The summed E-state index contributed by atoms with van der Waals surface area (Å²) in [5.41, 5.74) is 1.69. The smallest absolute Gasteiger partial charge is 0.317 e. The van der Waals surface area contributed by atoms with Crippen LogP contribution in [-0.4, -0.2) is 33.9 Å². The number of nitrogens with zero attached hydrogens (tertiary/aromatic N) is 2. The summed E-state index contributed by atoms with van der Waals surface area (Å²) < 4.78 is 10.7. The number of amides is 1. The summed E-state index contributed by atoms with van der Waals surface area (Å²) in [5.74, 6) is -0.660. The second-order valence-corrected chi connectivity index (χ2v) is 7.80. The number of ether oxygens (including phenoxy) is 1. The molecule has 2 atom stereocenters. The Morgan fingerprint density at radius 3 is 2.50 bits per heavy atom. The highest BCUT2D eigenvalue weighted by molar-refractivity contribution is 7.99. The molecule has 3 rings (SSSR count). The predicted octanol–water partition coefficient (Wildman–Crippen LogP) is 4.29. The third-order valence-corrected chi connectivity index (χ3v) is 5.19. The Morgan fingerprint density at radius 1 is 1.10 bits per heavy atom. The Morgan fingerprint density at radius 2 is 1.80 bits per heavy atom. The summed E-state index contributed by atoms with van der Waals surface area (Å²) in [5, 5.41) is 11.5. The molecule has 0 aliphatic carbocycles. The van der Waals surface area contributed by atoms with E-state index in [1.807, 2.05) is 37.3 Å². The van der Waals surface area contributed by atoms with E-state index in [1.165, 1.54) is 6.92 Å². The third-order valence-electron chi connectivity index (χ3n) is 4.15. The van der Waals surface area contributed by atoms with Gasteiger partial charge < -0.3 is 14.5 Å². The van der Waals surface area contributed by atoms with Crippen LogP contribution < -0.4 is 5.32 Å². The molecular weight excluding hydrogens is 426 g/mol. The second kappa shape index (κ2) is 10.3. The first-order valence-corrected chi connectivity index (χ1v) is 10.6. The molecule has 2 aromatic carbocycles. The van der Waals surface area contributed by atoms with Crippen molar-refractivity contribution >= 4 is 35.2 Å². The Bertz CT molecular complexity index is 995. The van der Waals surface area contributed by atoms with Gasteiger partial charge in [0.1, 0.15) is 5.75 Å². The summed E-state index contributed by atoms with van der Waals surface area (Å²) in [6.45, 7) is 3.40.